The Morgan fingerprint density at radius 2 is 1.95 bits per heavy atom. The SMILES string of the molecule is COc1cc2c(cc1OCc1ccccc1)C=N[C@H](C)C2. The average molecular weight is 281 g/mol. The molecule has 108 valence electrons. The van der Waals surface area contributed by atoms with Crippen LogP contribution in [0, 0.1) is 0 Å². The number of hydrogen-bond acceptors (Lipinski definition) is 3. The summed E-state index contributed by atoms with van der Waals surface area (Å²) in [7, 11) is 1.68. The highest BCUT2D eigenvalue weighted by atomic mass is 16.5. The molecule has 0 radical (unpaired) electrons. The molecule has 0 unspecified atom stereocenters. The van der Waals surface area contributed by atoms with Gasteiger partial charge in [-0.05, 0) is 42.2 Å². The van der Waals surface area contributed by atoms with Crippen molar-refractivity contribution in [3.63, 3.8) is 0 Å². The second kappa shape index (κ2) is 6.00. The Kier molecular flexibility index (Phi) is 3.91. The first-order valence-electron chi connectivity index (χ1n) is 7.17. The number of nitrogens with zero attached hydrogens (tertiary/aromatic N) is 1. The van der Waals surface area contributed by atoms with E-state index in [-0.39, 0.29) is 0 Å². The van der Waals surface area contributed by atoms with Crippen LogP contribution in [-0.2, 0) is 13.0 Å². The zero-order valence-electron chi connectivity index (χ0n) is 12.4. The summed E-state index contributed by atoms with van der Waals surface area (Å²) in [6, 6.07) is 14.5. The minimum atomic E-state index is 0.332. The van der Waals surface area contributed by atoms with Gasteiger partial charge in [-0.2, -0.15) is 0 Å². The molecule has 0 spiro atoms. The molecule has 2 aromatic rings. The number of ether oxygens (including phenoxy) is 2. The van der Waals surface area contributed by atoms with E-state index in [1.165, 1.54) is 5.56 Å². The molecule has 1 heterocycles. The highest BCUT2D eigenvalue weighted by molar-refractivity contribution is 5.84. The molecule has 0 bridgehead atoms. The molecule has 0 fully saturated rings. The van der Waals surface area contributed by atoms with Gasteiger partial charge in [-0.25, -0.2) is 0 Å². The first kappa shape index (κ1) is 13.7. The Balaban J connectivity index is 1.84. The second-order valence-corrected chi connectivity index (χ2v) is 5.31. The molecule has 2 aromatic carbocycles. The van der Waals surface area contributed by atoms with E-state index in [9.17, 15) is 0 Å². The minimum absolute atomic E-state index is 0.332. The van der Waals surface area contributed by atoms with Crippen LogP contribution in [0.15, 0.2) is 47.5 Å². The molecule has 21 heavy (non-hydrogen) atoms. The Bertz CT molecular complexity index is 650. The molecule has 3 rings (SSSR count). The summed E-state index contributed by atoms with van der Waals surface area (Å²) in [4.78, 5) is 4.46. The maximum absolute atomic E-state index is 5.92. The summed E-state index contributed by atoms with van der Waals surface area (Å²) in [5.74, 6) is 1.55. The average Bonchev–Trinajstić information content (AvgIpc) is 2.53. The Labute approximate surface area is 125 Å². The third kappa shape index (κ3) is 3.07. The van der Waals surface area contributed by atoms with Crippen LogP contribution in [0.5, 0.6) is 11.5 Å². The van der Waals surface area contributed by atoms with E-state index in [4.69, 9.17) is 9.47 Å². The van der Waals surface area contributed by atoms with Gasteiger partial charge in [0.1, 0.15) is 6.61 Å². The van der Waals surface area contributed by atoms with Gasteiger partial charge in [0.05, 0.1) is 13.2 Å². The van der Waals surface area contributed by atoms with Crippen LogP contribution in [0.1, 0.15) is 23.6 Å². The van der Waals surface area contributed by atoms with E-state index in [1.54, 1.807) is 7.11 Å². The predicted octanol–water partition coefficient (Wildman–Crippen LogP) is 3.64. The van der Waals surface area contributed by atoms with E-state index < -0.39 is 0 Å². The largest absolute Gasteiger partial charge is 0.493 e. The first-order chi connectivity index (χ1) is 10.3. The van der Waals surface area contributed by atoms with Gasteiger partial charge < -0.3 is 9.47 Å². The maximum atomic E-state index is 5.92. The van der Waals surface area contributed by atoms with Crippen molar-refractivity contribution < 1.29 is 9.47 Å². The lowest BCUT2D eigenvalue weighted by Gasteiger charge is -2.19. The molecule has 1 atom stereocenters. The van der Waals surface area contributed by atoms with Gasteiger partial charge in [0, 0.05) is 6.21 Å². The molecule has 0 saturated carbocycles. The van der Waals surface area contributed by atoms with Gasteiger partial charge in [0.25, 0.3) is 0 Å². The lowest BCUT2D eigenvalue weighted by Crippen LogP contribution is -2.12. The third-order valence-corrected chi connectivity index (χ3v) is 3.65. The highest BCUT2D eigenvalue weighted by Gasteiger charge is 2.16. The molecule has 0 N–H and O–H groups in total. The number of aliphatic imine (C=N–C) groups is 1. The van der Waals surface area contributed by atoms with Crippen molar-refractivity contribution in [1.82, 2.24) is 0 Å². The van der Waals surface area contributed by atoms with Crippen molar-refractivity contribution in [2.24, 2.45) is 4.99 Å². The van der Waals surface area contributed by atoms with E-state index in [0.29, 0.717) is 12.6 Å². The Hall–Kier alpha value is -2.29. The topological polar surface area (TPSA) is 30.8 Å². The number of benzene rings is 2. The van der Waals surface area contributed by atoms with Crippen molar-refractivity contribution in [3.05, 3.63) is 59.2 Å². The van der Waals surface area contributed by atoms with E-state index in [1.807, 2.05) is 42.6 Å². The van der Waals surface area contributed by atoms with E-state index in [0.717, 1.165) is 29.0 Å². The molecule has 3 heteroatoms. The molecule has 1 aliphatic rings. The summed E-state index contributed by atoms with van der Waals surface area (Å²) >= 11 is 0. The predicted molar refractivity (Wildman–Crippen MR) is 84.5 cm³/mol. The number of fused-ring (bicyclic) bond motifs is 1. The van der Waals surface area contributed by atoms with Crippen LogP contribution < -0.4 is 9.47 Å². The van der Waals surface area contributed by atoms with E-state index >= 15 is 0 Å². The zero-order valence-corrected chi connectivity index (χ0v) is 12.4. The Morgan fingerprint density at radius 3 is 2.71 bits per heavy atom. The fourth-order valence-corrected chi connectivity index (χ4v) is 2.50. The number of hydrogen-bond donors (Lipinski definition) is 0. The van der Waals surface area contributed by atoms with Crippen molar-refractivity contribution in [1.29, 1.82) is 0 Å². The normalized spacial score (nSPS) is 16.4. The molecular weight excluding hydrogens is 262 g/mol. The van der Waals surface area contributed by atoms with Crippen LogP contribution in [0.25, 0.3) is 0 Å². The molecule has 0 aliphatic carbocycles. The third-order valence-electron chi connectivity index (χ3n) is 3.65. The minimum Gasteiger partial charge on any atom is -0.493 e. The van der Waals surface area contributed by atoms with Gasteiger partial charge in [0.15, 0.2) is 11.5 Å². The Morgan fingerprint density at radius 1 is 1.14 bits per heavy atom. The molecule has 1 aliphatic heterocycles. The fourth-order valence-electron chi connectivity index (χ4n) is 2.50. The summed E-state index contributed by atoms with van der Waals surface area (Å²) in [6.07, 6.45) is 2.87. The number of methoxy groups -OCH3 is 1. The van der Waals surface area contributed by atoms with Gasteiger partial charge in [-0.1, -0.05) is 30.3 Å². The summed E-state index contributed by atoms with van der Waals surface area (Å²) < 4.78 is 11.4. The first-order valence-corrected chi connectivity index (χ1v) is 7.17. The summed E-state index contributed by atoms with van der Waals surface area (Å²) in [6.45, 7) is 2.65. The lowest BCUT2D eigenvalue weighted by atomic mass is 9.98. The van der Waals surface area contributed by atoms with Crippen LogP contribution in [0.3, 0.4) is 0 Å². The summed E-state index contributed by atoms with van der Waals surface area (Å²) in [5.41, 5.74) is 3.53. The number of rotatable bonds is 4. The van der Waals surface area contributed by atoms with Crippen LogP contribution >= 0.6 is 0 Å². The fraction of sp³-hybridized carbons (Fsp3) is 0.278. The smallest absolute Gasteiger partial charge is 0.162 e. The zero-order chi connectivity index (χ0) is 14.7. The van der Waals surface area contributed by atoms with Crippen LogP contribution in [-0.4, -0.2) is 19.4 Å². The maximum Gasteiger partial charge on any atom is 0.162 e. The van der Waals surface area contributed by atoms with E-state index in [2.05, 4.69) is 18.0 Å². The van der Waals surface area contributed by atoms with Crippen molar-refractivity contribution in [2.75, 3.05) is 7.11 Å². The van der Waals surface area contributed by atoms with Crippen molar-refractivity contribution in [3.8, 4) is 11.5 Å². The van der Waals surface area contributed by atoms with Crippen LogP contribution in [0.4, 0.5) is 0 Å². The van der Waals surface area contributed by atoms with Crippen molar-refractivity contribution in [2.45, 2.75) is 26.0 Å². The quantitative estimate of drug-likeness (QED) is 0.856. The van der Waals surface area contributed by atoms with Crippen molar-refractivity contribution >= 4 is 6.21 Å². The van der Waals surface area contributed by atoms with Gasteiger partial charge in [-0.15, -0.1) is 0 Å². The summed E-state index contributed by atoms with van der Waals surface area (Å²) in [5, 5.41) is 0. The molecule has 0 aromatic heterocycles. The molecule has 0 saturated heterocycles. The monoisotopic (exact) mass is 281 g/mol. The standard InChI is InChI=1S/C18H19NO2/c1-13-8-15-9-17(20-2)18(10-16(15)11-19-13)21-12-14-6-4-3-5-7-14/h3-7,9-11,13H,8,12H2,1-2H3/t13-/m1/s1. The van der Waals surface area contributed by atoms with Crippen LogP contribution in [0.2, 0.25) is 0 Å². The van der Waals surface area contributed by atoms with Gasteiger partial charge in [-0.3, -0.25) is 4.99 Å². The molecule has 3 nitrogen and oxygen atoms in total. The second-order valence-electron chi connectivity index (χ2n) is 5.31. The van der Waals surface area contributed by atoms with Gasteiger partial charge in [0.2, 0.25) is 0 Å². The lowest BCUT2D eigenvalue weighted by molar-refractivity contribution is 0.284. The molecular formula is C18H19NO2. The molecule has 0 amide bonds. The highest BCUT2D eigenvalue weighted by Crippen LogP contribution is 2.32. The van der Waals surface area contributed by atoms with Gasteiger partial charge >= 0.3 is 0 Å².